The van der Waals surface area contributed by atoms with Crippen LogP contribution in [0.2, 0.25) is 0 Å². The van der Waals surface area contributed by atoms with Crippen LogP contribution in [0.25, 0.3) is 0 Å². The molecule has 0 aromatic rings. The predicted molar refractivity (Wildman–Crippen MR) is 42.9 cm³/mol. The third-order valence-corrected chi connectivity index (χ3v) is 2.33. The van der Waals surface area contributed by atoms with Gasteiger partial charge in [0.25, 0.3) is 0 Å². The highest BCUT2D eigenvalue weighted by molar-refractivity contribution is 5.73. The number of rotatable bonds is 1. The summed E-state index contributed by atoms with van der Waals surface area (Å²) in [5, 5.41) is 0. The predicted octanol–water partition coefficient (Wildman–Crippen LogP) is 1.17. The molecule has 0 aliphatic carbocycles. The molecule has 54 valence electrons. The molecule has 2 heteroatoms. The van der Waals surface area contributed by atoms with Crippen LogP contribution >= 0.6 is 0 Å². The van der Waals surface area contributed by atoms with E-state index in [9.17, 15) is 0 Å². The molecule has 0 N–H and O–H groups in total. The first-order chi connectivity index (χ1) is 4.97. The van der Waals surface area contributed by atoms with Gasteiger partial charge in [0.15, 0.2) is 0 Å². The SMILES string of the molecule is C1=NCCC1C1C=NCC1. The first-order valence-corrected chi connectivity index (χ1v) is 3.97. The van der Waals surface area contributed by atoms with Gasteiger partial charge in [-0.15, -0.1) is 0 Å². The Balaban J connectivity index is 1.98. The van der Waals surface area contributed by atoms with Crippen LogP contribution in [-0.4, -0.2) is 25.5 Å². The molecule has 2 unspecified atom stereocenters. The second kappa shape index (κ2) is 2.52. The fourth-order valence-electron chi connectivity index (χ4n) is 1.67. The Kier molecular flexibility index (Phi) is 1.53. The molecule has 0 saturated heterocycles. The van der Waals surface area contributed by atoms with Crippen molar-refractivity contribution in [2.45, 2.75) is 12.8 Å². The molecule has 2 aliphatic heterocycles. The fourth-order valence-corrected chi connectivity index (χ4v) is 1.67. The van der Waals surface area contributed by atoms with E-state index in [1.54, 1.807) is 0 Å². The van der Waals surface area contributed by atoms with Crippen LogP contribution in [0.1, 0.15) is 12.8 Å². The molecule has 0 fully saturated rings. The van der Waals surface area contributed by atoms with Crippen molar-refractivity contribution in [1.82, 2.24) is 0 Å². The molecule has 0 aromatic carbocycles. The normalized spacial score (nSPS) is 37.6. The highest BCUT2D eigenvalue weighted by atomic mass is 14.8. The quantitative estimate of drug-likeness (QED) is 0.517. The second-order valence-corrected chi connectivity index (χ2v) is 3.02. The van der Waals surface area contributed by atoms with Gasteiger partial charge in [-0.1, -0.05) is 0 Å². The highest BCUT2D eigenvalue weighted by Gasteiger charge is 2.22. The Morgan fingerprint density at radius 2 is 1.40 bits per heavy atom. The number of hydrogen-bond acceptors (Lipinski definition) is 2. The second-order valence-electron chi connectivity index (χ2n) is 3.02. The average molecular weight is 136 g/mol. The van der Waals surface area contributed by atoms with E-state index in [1.807, 2.05) is 0 Å². The van der Waals surface area contributed by atoms with Crippen molar-refractivity contribution in [2.75, 3.05) is 13.1 Å². The number of aliphatic imine (C=N–C) groups is 2. The molecular weight excluding hydrogens is 124 g/mol. The zero-order chi connectivity index (χ0) is 6.81. The van der Waals surface area contributed by atoms with E-state index in [0.29, 0.717) is 11.8 Å². The lowest BCUT2D eigenvalue weighted by molar-refractivity contribution is 0.535. The van der Waals surface area contributed by atoms with Crippen molar-refractivity contribution in [3.63, 3.8) is 0 Å². The molecule has 10 heavy (non-hydrogen) atoms. The number of hydrogen-bond donors (Lipinski definition) is 0. The van der Waals surface area contributed by atoms with Crippen molar-refractivity contribution in [3.8, 4) is 0 Å². The van der Waals surface area contributed by atoms with Crippen LogP contribution in [0.3, 0.4) is 0 Å². The van der Waals surface area contributed by atoms with E-state index in [2.05, 4.69) is 22.4 Å². The van der Waals surface area contributed by atoms with E-state index in [0.717, 1.165) is 13.1 Å². The first-order valence-electron chi connectivity index (χ1n) is 3.97. The summed E-state index contributed by atoms with van der Waals surface area (Å²) >= 11 is 0. The zero-order valence-corrected chi connectivity index (χ0v) is 6.03. The average Bonchev–Trinajstić information content (AvgIpc) is 2.59. The van der Waals surface area contributed by atoms with Gasteiger partial charge < -0.3 is 0 Å². The van der Waals surface area contributed by atoms with Gasteiger partial charge in [0.05, 0.1) is 0 Å². The Hall–Kier alpha value is -0.660. The minimum absolute atomic E-state index is 0.714. The summed E-state index contributed by atoms with van der Waals surface area (Å²) in [7, 11) is 0. The fraction of sp³-hybridized carbons (Fsp3) is 0.750. The standard InChI is InChI=1S/C8H12N2/c1-3-9-5-7(1)8-2-4-10-6-8/h5-8H,1-4H2. The maximum absolute atomic E-state index is 4.22. The molecule has 0 radical (unpaired) electrons. The third-order valence-electron chi connectivity index (χ3n) is 2.33. The zero-order valence-electron chi connectivity index (χ0n) is 6.03. The van der Waals surface area contributed by atoms with E-state index < -0.39 is 0 Å². The van der Waals surface area contributed by atoms with Crippen molar-refractivity contribution in [3.05, 3.63) is 0 Å². The summed E-state index contributed by atoms with van der Waals surface area (Å²) in [5.41, 5.74) is 0. The van der Waals surface area contributed by atoms with Crippen LogP contribution in [0.5, 0.6) is 0 Å². The van der Waals surface area contributed by atoms with Crippen LogP contribution < -0.4 is 0 Å². The van der Waals surface area contributed by atoms with Crippen molar-refractivity contribution in [2.24, 2.45) is 21.8 Å². The van der Waals surface area contributed by atoms with Crippen LogP contribution in [0.4, 0.5) is 0 Å². The molecule has 0 aromatic heterocycles. The molecule has 2 aliphatic rings. The van der Waals surface area contributed by atoms with Gasteiger partial charge in [-0.3, -0.25) is 9.98 Å². The van der Waals surface area contributed by atoms with Crippen LogP contribution in [-0.2, 0) is 0 Å². The van der Waals surface area contributed by atoms with Gasteiger partial charge in [-0.05, 0) is 12.8 Å². The van der Waals surface area contributed by atoms with Crippen molar-refractivity contribution >= 4 is 12.4 Å². The van der Waals surface area contributed by atoms with Gasteiger partial charge >= 0.3 is 0 Å². The lowest BCUT2D eigenvalue weighted by Gasteiger charge is -2.10. The van der Waals surface area contributed by atoms with Gasteiger partial charge in [-0.25, -0.2) is 0 Å². The molecule has 0 bridgehead atoms. The minimum Gasteiger partial charge on any atom is -0.297 e. The summed E-state index contributed by atoms with van der Waals surface area (Å²) in [6.45, 7) is 2.07. The summed E-state index contributed by atoms with van der Waals surface area (Å²) in [5.74, 6) is 1.43. The lowest BCUT2D eigenvalue weighted by atomic mass is 9.92. The van der Waals surface area contributed by atoms with Crippen molar-refractivity contribution in [1.29, 1.82) is 0 Å². The molecule has 0 saturated carbocycles. The van der Waals surface area contributed by atoms with E-state index >= 15 is 0 Å². The molecule has 0 spiro atoms. The maximum atomic E-state index is 4.22. The van der Waals surface area contributed by atoms with Gasteiger partial charge in [0, 0.05) is 37.4 Å². The monoisotopic (exact) mass is 136 g/mol. The van der Waals surface area contributed by atoms with Crippen molar-refractivity contribution < 1.29 is 0 Å². The highest BCUT2D eigenvalue weighted by Crippen LogP contribution is 2.22. The molecule has 2 atom stereocenters. The number of nitrogens with zero attached hydrogens (tertiary/aromatic N) is 2. The Morgan fingerprint density at radius 3 is 1.70 bits per heavy atom. The first kappa shape index (κ1) is 6.08. The summed E-state index contributed by atoms with van der Waals surface area (Å²) in [6, 6.07) is 0. The molecule has 2 heterocycles. The largest absolute Gasteiger partial charge is 0.297 e. The maximum Gasteiger partial charge on any atom is 0.0391 e. The van der Waals surface area contributed by atoms with E-state index in [4.69, 9.17) is 0 Å². The minimum atomic E-state index is 0.714. The topological polar surface area (TPSA) is 24.7 Å². The Morgan fingerprint density at radius 1 is 0.900 bits per heavy atom. The Labute approximate surface area is 61.1 Å². The van der Waals surface area contributed by atoms with Crippen LogP contribution in [0, 0.1) is 11.8 Å². The molecule has 2 rings (SSSR count). The smallest absolute Gasteiger partial charge is 0.0391 e. The van der Waals surface area contributed by atoms with E-state index in [1.165, 1.54) is 12.8 Å². The third kappa shape index (κ3) is 0.981. The van der Waals surface area contributed by atoms with Gasteiger partial charge in [-0.2, -0.15) is 0 Å². The van der Waals surface area contributed by atoms with Crippen LogP contribution in [0.15, 0.2) is 9.98 Å². The summed E-state index contributed by atoms with van der Waals surface area (Å²) < 4.78 is 0. The molecule has 2 nitrogen and oxygen atoms in total. The summed E-state index contributed by atoms with van der Waals surface area (Å²) in [4.78, 5) is 8.45. The van der Waals surface area contributed by atoms with Gasteiger partial charge in [0.1, 0.15) is 0 Å². The molecule has 0 amide bonds. The van der Waals surface area contributed by atoms with E-state index in [-0.39, 0.29) is 0 Å². The lowest BCUT2D eigenvalue weighted by Crippen LogP contribution is -2.12. The Bertz CT molecular complexity index is 152. The molecular formula is C8H12N2. The van der Waals surface area contributed by atoms with Gasteiger partial charge in [0.2, 0.25) is 0 Å². The summed E-state index contributed by atoms with van der Waals surface area (Å²) in [6.07, 6.45) is 6.72.